The van der Waals surface area contributed by atoms with Crippen LogP contribution in [0, 0.1) is 10.1 Å². The molecule has 2 amide bonds. The molecule has 1 saturated heterocycles. The van der Waals surface area contributed by atoms with Gasteiger partial charge in [0, 0.05) is 6.07 Å². The maximum Gasteiger partial charge on any atom is 0.293 e. The van der Waals surface area contributed by atoms with E-state index in [1.807, 2.05) is 30.3 Å². The highest BCUT2D eigenvalue weighted by Crippen LogP contribution is 2.34. The van der Waals surface area contributed by atoms with Gasteiger partial charge in [0.05, 0.1) is 20.8 Å². The summed E-state index contributed by atoms with van der Waals surface area (Å²) >= 11 is 3.95. The Morgan fingerprint density at radius 2 is 1.88 bits per heavy atom. The zero-order chi connectivity index (χ0) is 18.0. The minimum atomic E-state index is -0.511. The molecule has 0 unspecified atom stereocenters. The molecule has 0 spiro atoms. The molecule has 126 valence electrons. The molecule has 25 heavy (non-hydrogen) atoms. The van der Waals surface area contributed by atoms with Crippen molar-refractivity contribution in [2.24, 2.45) is 0 Å². The Kier molecular flexibility index (Phi) is 5.00. The summed E-state index contributed by atoms with van der Waals surface area (Å²) in [6, 6.07) is 13.7. The van der Waals surface area contributed by atoms with Crippen molar-refractivity contribution in [3.05, 3.63) is 79.2 Å². The van der Waals surface area contributed by atoms with E-state index in [9.17, 15) is 19.7 Å². The Morgan fingerprint density at radius 3 is 2.56 bits per heavy atom. The fourth-order valence-corrected chi connectivity index (χ4v) is 3.54. The second-order valence-electron chi connectivity index (χ2n) is 5.22. The van der Waals surface area contributed by atoms with Crippen LogP contribution in [0.2, 0.25) is 0 Å². The SMILES string of the molecule is O=C1S/C(=C\c2ccc(Br)c([N+](=O)[O-])c2)C(=O)N1Cc1ccccc1. The fourth-order valence-electron chi connectivity index (χ4n) is 2.31. The number of carbonyl (C=O) groups is 2. The summed E-state index contributed by atoms with van der Waals surface area (Å²) in [5.41, 5.74) is 1.24. The molecule has 2 aromatic carbocycles. The van der Waals surface area contributed by atoms with Crippen LogP contribution in [-0.4, -0.2) is 21.0 Å². The third-order valence-electron chi connectivity index (χ3n) is 3.52. The number of nitro benzene ring substituents is 1. The van der Waals surface area contributed by atoms with Gasteiger partial charge < -0.3 is 0 Å². The van der Waals surface area contributed by atoms with Crippen LogP contribution >= 0.6 is 27.7 Å². The van der Waals surface area contributed by atoms with E-state index < -0.39 is 10.8 Å². The molecule has 3 rings (SSSR count). The third-order valence-corrected chi connectivity index (χ3v) is 5.10. The summed E-state index contributed by atoms with van der Waals surface area (Å²) < 4.78 is 0.354. The summed E-state index contributed by atoms with van der Waals surface area (Å²) in [5.74, 6) is -0.399. The fraction of sp³-hybridized carbons (Fsp3) is 0.0588. The van der Waals surface area contributed by atoms with Crippen molar-refractivity contribution in [2.45, 2.75) is 6.54 Å². The number of benzene rings is 2. The van der Waals surface area contributed by atoms with Crippen LogP contribution in [0.3, 0.4) is 0 Å². The van der Waals surface area contributed by atoms with Crippen LogP contribution in [0.15, 0.2) is 57.9 Å². The van der Waals surface area contributed by atoms with Gasteiger partial charge in [0.2, 0.25) is 0 Å². The number of hydrogen-bond donors (Lipinski definition) is 0. The zero-order valence-electron chi connectivity index (χ0n) is 12.7. The molecule has 0 aromatic heterocycles. The lowest BCUT2D eigenvalue weighted by atomic mass is 10.2. The van der Waals surface area contributed by atoms with E-state index in [-0.39, 0.29) is 22.4 Å². The summed E-state index contributed by atoms with van der Waals surface area (Å²) in [7, 11) is 0. The molecule has 2 aromatic rings. The first-order chi connectivity index (χ1) is 12.0. The van der Waals surface area contributed by atoms with E-state index >= 15 is 0 Å². The predicted molar refractivity (Wildman–Crippen MR) is 98.8 cm³/mol. The van der Waals surface area contributed by atoms with Gasteiger partial charge in [0.25, 0.3) is 16.8 Å². The standard InChI is InChI=1S/C17H11BrN2O4S/c18-13-7-6-12(8-14(13)20(23)24)9-15-16(21)19(17(22)25-15)10-11-4-2-1-3-5-11/h1-9H,10H2/b15-9-. The monoisotopic (exact) mass is 418 g/mol. The number of hydrogen-bond acceptors (Lipinski definition) is 5. The molecule has 1 heterocycles. The summed E-state index contributed by atoms with van der Waals surface area (Å²) in [6.45, 7) is 0.198. The lowest BCUT2D eigenvalue weighted by Crippen LogP contribution is -2.27. The van der Waals surface area contributed by atoms with Gasteiger partial charge in [-0.25, -0.2) is 0 Å². The molecule has 0 bridgehead atoms. The highest BCUT2D eigenvalue weighted by atomic mass is 79.9. The van der Waals surface area contributed by atoms with Crippen molar-refractivity contribution in [3.8, 4) is 0 Å². The van der Waals surface area contributed by atoms with E-state index in [0.717, 1.165) is 17.3 Å². The molecule has 0 radical (unpaired) electrons. The first-order valence-electron chi connectivity index (χ1n) is 7.19. The van der Waals surface area contributed by atoms with Crippen LogP contribution in [-0.2, 0) is 11.3 Å². The number of nitro groups is 1. The second kappa shape index (κ2) is 7.20. The number of carbonyl (C=O) groups excluding carboxylic acids is 2. The van der Waals surface area contributed by atoms with Crippen LogP contribution in [0.25, 0.3) is 6.08 Å². The van der Waals surface area contributed by atoms with Crippen molar-refractivity contribution in [2.75, 3.05) is 0 Å². The number of imide groups is 1. The van der Waals surface area contributed by atoms with Crippen molar-refractivity contribution in [3.63, 3.8) is 0 Å². The molecule has 0 atom stereocenters. The van der Waals surface area contributed by atoms with Crippen LogP contribution in [0.5, 0.6) is 0 Å². The van der Waals surface area contributed by atoms with Gasteiger partial charge >= 0.3 is 0 Å². The summed E-state index contributed by atoms with van der Waals surface area (Å²) in [5, 5.41) is 10.6. The molecule has 1 aliphatic heterocycles. The topological polar surface area (TPSA) is 80.5 Å². The highest BCUT2D eigenvalue weighted by molar-refractivity contribution is 9.10. The van der Waals surface area contributed by atoms with E-state index in [4.69, 9.17) is 0 Å². The number of thioether (sulfide) groups is 1. The van der Waals surface area contributed by atoms with Gasteiger partial charge in [-0.2, -0.15) is 0 Å². The summed E-state index contributed by atoms with van der Waals surface area (Å²) in [6.07, 6.45) is 1.50. The summed E-state index contributed by atoms with van der Waals surface area (Å²) in [4.78, 5) is 36.5. The molecule has 1 aliphatic rings. The zero-order valence-corrected chi connectivity index (χ0v) is 15.1. The van der Waals surface area contributed by atoms with Gasteiger partial charge in [0.1, 0.15) is 0 Å². The first-order valence-corrected chi connectivity index (χ1v) is 8.80. The lowest BCUT2D eigenvalue weighted by Gasteiger charge is -2.12. The highest BCUT2D eigenvalue weighted by Gasteiger charge is 2.35. The van der Waals surface area contributed by atoms with Gasteiger partial charge in [-0.1, -0.05) is 36.4 Å². The second-order valence-corrected chi connectivity index (χ2v) is 7.07. The molecular formula is C17H11BrN2O4S. The normalized spacial score (nSPS) is 15.9. The van der Waals surface area contributed by atoms with Crippen molar-refractivity contribution < 1.29 is 14.5 Å². The molecule has 1 fully saturated rings. The molecular weight excluding hydrogens is 408 g/mol. The molecule has 0 saturated carbocycles. The Hall–Kier alpha value is -2.45. The van der Waals surface area contributed by atoms with Crippen LogP contribution in [0.4, 0.5) is 10.5 Å². The Morgan fingerprint density at radius 1 is 1.16 bits per heavy atom. The quantitative estimate of drug-likeness (QED) is 0.411. The maximum atomic E-state index is 12.5. The number of rotatable bonds is 4. The van der Waals surface area contributed by atoms with Gasteiger partial charge in [-0.05, 0) is 51.0 Å². The number of halogens is 1. The Balaban J connectivity index is 1.85. The van der Waals surface area contributed by atoms with E-state index in [2.05, 4.69) is 15.9 Å². The molecule has 0 aliphatic carbocycles. The lowest BCUT2D eigenvalue weighted by molar-refractivity contribution is -0.385. The molecule has 6 nitrogen and oxygen atoms in total. The van der Waals surface area contributed by atoms with Crippen molar-refractivity contribution >= 4 is 50.6 Å². The number of nitrogens with zero attached hydrogens (tertiary/aromatic N) is 2. The molecule has 0 N–H and O–H groups in total. The smallest absolute Gasteiger partial charge is 0.268 e. The van der Waals surface area contributed by atoms with E-state index in [1.54, 1.807) is 6.07 Å². The Bertz CT molecular complexity index is 899. The van der Waals surface area contributed by atoms with Crippen molar-refractivity contribution in [1.29, 1.82) is 0 Å². The number of amides is 2. The van der Waals surface area contributed by atoms with E-state index in [0.29, 0.717) is 10.0 Å². The average molecular weight is 419 g/mol. The first kappa shape index (κ1) is 17.4. The van der Waals surface area contributed by atoms with Crippen LogP contribution in [0.1, 0.15) is 11.1 Å². The average Bonchev–Trinajstić information content (AvgIpc) is 2.85. The van der Waals surface area contributed by atoms with Crippen molar-refractivity contribution in [1.82, 2.24) is 4.90 Å². The van der Waals surface area contributed by atoms with Gasteiger partial charge in [-0.3, -0.25) is 24.6 Å². The van der Waals surface area contributed by atoms with Crippen LogP contribution < -0.4 is 0 Å². The predicted octanol–water partition coefficient (Wildman–Crippen LogP) is 4.59. The Labute approximate surface area is 155 Å². The van der Waals surface area contributed by atoms with E-state index in [1.165, 1.54) is 23.1 Å². The van der Waals surface area contributed by atoms with Gasteiger partial charge in [-0.15, -0.1) is 0 Å². The molecule has 8 heteroatoms. The minimum Gasteiger partial charge on any atom is -0.268 e. The maximum absolute atomic E-state index is 12.5. The minimum absolute atomic E-state index is 0.0998. The third kappa shape index (κ3) is 3.80. The largest absolute Gasteiger partial charge is 0.293 e. The van der Waals surface area contributed by atoms with Gasteiger partial charge in [0.15, 0.2) is 0 Å².